The molecule has 2 N–H and O–H groups in total. The third-order valence-electron chi connectivity index (χ3n) is 5.56. The van der Waals surface area contributed by atoms with Crippen molar-refractivity contribution in [2.75, 3.05) is 26.2 Å². The minimum Gasteiger partial charge on any atom is -0.480 e. The molecule has 27 heavy (non-hydrogen) atoms. The second kappa shape index (κ2) is 8.52. The van der Waals surface area contributed by atoms with Gasteiger partial charge in [-0.3, -0.25) is 19.3 Å². The van der Waals surface area contributed by atoms with Crippen molar-refractivity contribution in [1.82, 2.24) is 15.1 Å². The molecule has 0 radical (unpaired) electrons. The van der Waals surface area contributed by atoms with Crippen molar-refractivity contribution in [2.24, 2.45) is 0 Å². The van der Waals surface area contributed by atoms with E-state index < -0.39 is 12.0 Å². The van der Waals surface area contributed by atoms with Crippen LogP contribution in [0.25, 0.3) is 0 Å². The van der Waals surface area contributed by atoms with Crippen LogP contribution < -0.4 is 5.32 Å². The molecule has 0 spiro atoms. The Kier molecular flexibility index (Phi) is 6.11. The van der Waals surface area contributed by atoms with Crippen LogP contribution in [0.4, 0.5) is 0 Å². The number of benzene rings is 1. The standard InChI is InChI=1S/C20H27N3O4/c1-14-5-2-3-6-16(14)19(25)21-15-8-11-22(12-9-15)18(24)13-23-10-4-7-17(23)20(26)27/h2-3,5-6,15,17H,4,7-13H2,1H3,(H,21,25)(H,26,27). The smallest absolute Gasteiger partial charge is 0.320 e. The van der Waals surface area contributed by atoms with E-state index in [9.17, 15) is 19.5 Å². The van der Waals surface area contributed by atoms with Crippen molar-refractivity contribution >= 4 is 17.8 Å². The van der Waals surface area contributed by atoms with E-state index >= 15 is 0 Å². The minimum atomic E-state index is -0.849. The highest BCUT2D eigenvalue weighted by Gasteiger charge is 2.33. The van der Waals surface area contributed by atoms with E-state index in [-0.39, 0.29) is 24.4 Å². The average molecular weight is 373 g/mol. The van der Waals surface area contributed by atoms with Gasteiger partial charge >= 0.3 is 5.97 Å². The number of nitrogens with zero attached hydrogens (tertiary/aromatic N) is 2. The molecule has 2 aliphatic rings. The van der Waals surface area contributed by atoms with Crippen LogP contribution >= 0.6 is 0 Å². The molecule has 2 fully saturated rings. The SMILES string of the molecule is Cc1ccccc1C(=O)NC1CCN(C(=O)CN2CCCC2C(=O)O)CC1. The van der Waals surface area contributed by atoms with E-state index in [1.807, 2.05) is 31.2 Å². The lowest BCUT2D eigenvalue weighted by molar-refractivity contribution is -0.143. The summed E-state index contributed by atoms with van der Waals surface area (Å²) >= 11 is 0. The van der Waals surface area contributed by atoms with Crippen LogP contribution in [-0.4, -0.2) is 71.0 Å². The predicted molar refractivity (Wildman–Crippen MR) is 100 cm³/mol. The molecule has 1 atom stereocenters. The maximum Gasteiger partial charge on any atom is 0.320 e. The van der Waals surface area contributed by atoms with Gasteiger partial charge in [-0.2, -0.15) is 0 Å². The van der Waals surface area contributed by atoms with Crippen molar-refractivity contribution in [3.63, 3.8) is 0 Å². The Hall–Kier alpha value is -2.41. The highest BCUT2D eigenvalue weighted by molar-refractivity contribution is 5.95. The Labute approximate surface area is 159 Å². The first kappa shape index (κ1) is 19.4. The molecule has 0 aliphatic carbocycles. The summed E-state index contributed by atoms with van der Waals surface area (Å²) in [6.45, 7) is 3.91. The van der Waals surface area contributed by atoms with Crippen molar-refractivity contribution in [1.29, 1.82) is 0 Å². The van der Waals surface area contributed by atoms with Crippen LogP contribution in [0.2, 0.25) is 0 Å². The number of carbonyl (C=O) groups excluding carboxylic acids is 2. The molecule has 1 aromatic rings. The third-order valence-corrected chi connectivity index (χ3v) is 5.56. The van der Waals surface area contributed by atoms with Gasteiger partial charge < -0.3 is 15.3 Å². The molecule has 2 heterocycles. The molecule has 2 aliphatic heterocycles. The number of rotatable bonds is 5. The van der Waals surface area contributed by atoms with Crippen LogP contribution in [0.15, 0.2) is 24.3 Å². The molecule has 7 nitrogen and oxygen atoms in total. The van der Waals surface area contributed by atoms with Gasteiger partial charge in [-0.25, -0.2) is 0 Å². The van der Waals surface area contributed by atoms with Crippen LogP contribution in [0, 0.1) is 6.92 Å². The fourth-order valence-electron chi connectivity index (χ4n) is 3.93. The number of nitrogens with one attached hydrogen (secondary N) is 1. The number of likely N-dealkylation sites (tertiary alicyclic amines) is 2. The third kappa shape index (κ3) is 4.66. The van der Waals surface area contributed by atoms with Crippen LogP contribution in [0.1, 0.15) is 41.6 Å². The van der Waals surface area contributed by atoms with Crippen molar-refractivity contribution in [3.8, 4) is 0 Å². The number of carboxylic acid groups (broad SMARTS) is 1. The molecule has 2 saturated heterocycles. The van der Waals surface area contributed by atoms with E-state index in [1.165, 1.54) is 0 Å². The molecule has 2 amide bonds. The highest BCUT2D eigenvalue weighted by atomic mass is 16.4. The van der Waals surface area contributed by atoms with Gasteiger partial charge in [0.1, 0.15) is 6.04 Å². The monoisotopic (exact) mass is 373 g/mol. The lowest BCUT2D eigenvalue weighted by atomic mass is 10.0. The lowest BCUT2D eigenvalue weighted by Crippen LogP contribution is -2.50. The molecule has 7 heteroatoms. The number of carbonyl (C=O) groups is 3. The number of hydrogen-bond donors (Lipinski definition) is 2. The number of aryl methyl sites for hydroxylation is 1. The van der Waals surface area contributed by atoms with Gasteiger partial charge in [0, 0.05) is 24.7 Å². The van der Waals surface area contributed by atoms with E-state index in [4.69, 9.17) is 0 Å². The zero-order valence-electron chi connectivity index (χ0n) is 15.7. The van der Waals surface area contributed by atoms with Gasteiger partial charge in [0.05, 0.1) is 6.54 Å². The fourth-order valence-corrected chi connectivity index (χ4v) is 3.93. The Balaban J connectivity index is 1.47. The van der Waals surface area contributed by atoms with E-state index in [0.29, 0.717) is 44.5 Å². The van der Waals surface area contributed by atoms with E-state index in [0.717, 1.165) is 12.0 Å². The fraction of sp³-hybridized carbons (Fsp3) is 0.550. The van der Waals surface area contributed by atoms with E-state index in [2.05, 4.69) is 5.32 Å². The Bertz CT molecular complexity index is 713. The van der Waals surface area contributed by atoms with Crippen molar-refractivity contribution in [2.45, 2.75) is 44.7 Å². The van der Waals surface area contributed by atoms with Gasteiger partial charge in [-0.1, -0.05) is 18.2 Å². The zero-order valence-corrected chi connectivity index (χ0v) is 15.7. The number of piperidine rings is 1. The summed E-state index contributed by atoms with van der Waals surface area (Å²) in [4.78, 5) is 39.7. The summed E-state index contributed by atoms with van der Waals surface area (Å²) < 4.78 is 0. The Morgan fingerprint density at radius 2 is 1.81 bits per heavy atom. The summed E-state index contributed by atoms with van der Waals surface area (Å²) in [5.41, 5.74) is 1.63. The molecule has 1 unspecified atom stereocenters. The molecule has 1 aromatic carbocycles. The summed E-state index contributed by atoms with van der Waals surface area (Å²) in [5, 5.41) is 12.3. The molecule has 0 bridgehead atoms. The summed E-state index contributed by atoms with van der Waals surface area (Å²) in [6, 6.07) is 7.01. The number of amides is 2. The topological polar surface area (TPSA) is 90.0 Å². The molecule has 146 valence electrons. The second-order valence-corrected chi connectivity index (χ2v) is 7.41. The normalized spacial score (nSPS) is 21.2. The summed E-state index contributed by atoms with van der Waals surface area (Å²) in [6.07, 6.45) is 2.85. The number of carboxylic acids is 1. The average Bonchev–Trinajstić information content (AvgIpc) is 3.11. The van der Waals surface area contributed by atoms with Gasteiger partial charge in [0.2, 0.25) is 5.91 Å². The summed E-state index contributed by atoms with van der Waals surface area (Å²) in [5.74, 6) is -0.941. The van der Waals surface area contributed by atoms with Crippen LogP contribution in [0.5, 0.6) is 0 Å². The largest absolute Gasteiger partial charge is 0.480 e. The Morgan fingerprint density at radius 1 is 1.11 bits per heavy atom. The number of hydrogen-bond acceptors (Lipinski definition) is 4. The molecular weight excluding hydrogens is 346 g/mol. The minimum absolute atomic E-state index is 0.0215. The van der Waals surface area contributed by atoms with Gasteiger partial charge in [-0.15, -0.1) is 0 Å². The quantitative estimate of drug-likeness (QED) is 0.811. The van der Waals surface area contributed by atoms with Crippen LogP contribution in [-0.2, 0) is 9.59 Å². The van der Waals surface area contributed by atoms with Gasteiger partial charge in [0.15, 0.2) is 0 Å². The van der Waals surface area contributed by atoms with Crippen molar-refractivity contribution in [3.05, 3.63) is 35.4 Å². The Morgan fingerprint density at radius 3 is 2.48 bits per heavy atom. The predicted octanol–water partition coefficient (Wildman–Crippen LogP) is 1.26. The first-order valence-corrected chi connectivity index (χ1v) is 9.57. The molecule has 0 saturated carbocycles. The molecule has 3 rings (SSSR count). The van der Waals surface area contributed by atoms with E-state index in [1.54, 1.807) is 9.80 Å². The molecular formula is C20H27N3O4. The summed E-state index contributed by atoms with van der Waals surface area (Å²) in [7, 11) is 0. The van der Waals surface area contributed by atoms with Gasteiger partial charge in [0.25, 0.3) is 5.91 Å². The molecule has 0 aromatic heterocycles. The maximum absolute atomic E-state index is 12.5. The lowest BCUT2D eigenvalue weighted by Gasteiger charge is -2.34. The zero-order chi connectivity index (χ0) is 19.4. The van der Waals surface area contributed by atoms with Gasteiger partial charge in [-0.05, 0) is 50.8 Å². The van der Waals surface area contributed by atoms with Crippen LogP contribution in [0.3, 0.4) is 0 Å². The number of aliphatic carboxylic acids is 1. The first-order chi connectivity index (χ1) is 13.0. The van der Waals surface area contributed by atoms with Crippen molar-refractivity contribution < 1.29 is 19.5 Å². The maximum atomic E-state index is 12.5. The first-order valence-electron chi connectivity index (χ1n) is 9.57. The highest BCUT2D eigenvalue weighted by Crippen LogP contribution is 2.18. The second-order valence-electron chi connectivity index (χ2n) is 7.41.